The fourth-order valence-corrected chi connectivity index (χ4v) is 2.78. The van der Waals surface area contributed by atoms with Gasteiger partial charge in [0.05, 0.1) is 5.92 Å². The fraction of sp³-hybridized carbons (Fsp3) is 0.263. The summed E-state index contributed by atoms with van der Waals surface area (Å²) in [6.07, 6.45) is 0.540. The van der Waals surface area contributed by atoms with Crippen LogP contribution in [0.4, 0.5) is 10.1 Å². The van der Waals surface area contributed by atoms with Gasteiger partial charge in [-0.3, -0.25) is 9.59 Å². The lowest BCUT2D eigenvalue weighted by atomic mass is 9.95. The van der Waals surface area contributed by atoms with E-state index in [-0.39, 0.29) is 23.5 Å². The molecular formula is C19H19FN2O3. The first-order chi connectivity index (χ1) is 12.0. The second kappa shape index (κ2) is 7.34. The fourth-order valence-electron chi connectivity index (χ4n) is 2.78. The minimum absolute atomic E-state index is 0.111. The molecule has 0 bridgehead atoms. The van der Waals surface area contributed by atoms with Gasteiger partial charge in [0.2, 0.25) is 11.8 Å². The van der Waals surface area contributed by atoms with Gasteiger partial charge in [0.25, 0.3) is 0 Å². The Balaban J connectivity index is 1.61. The third-order valence-electron chi connectivity index (χ3n) is 4.04. The van der Waals surface area contributed by atoms with Gasteiger partial charge >= 0.3 is 0 Å². The third-order valence-corrected chi connectivity index (χ3v) is 4.04. The van der Waals surface area contributed by atoms with Crippen LogP contribution in [0.5, 0.6) is 5.75 Å². The lowest BCUT2D eigenvalue weighted by Crippen LogP contribution is -2.37. The molecule has 25 heavy (non-hydrogen) atoms. The van der Waals surface area contributed by atoms with Crippen LogP contribution in [0.25, 0.3) is 0 Å². The molecule has 1 aliphatic heterocycles. The zero-order valence-electron chi connectivity index (χ0n) is 13.8. The van der Waals surface area contributed by atoms with Crippen LogP contribution in [0.1, 0.15) is 18.1 Å². The topological polar surface area (TPSA) is 67.4 Å². The summed E-state index contributed by atoms with van der Waals surface area (Å²) in [4.78, 5) is 23.5. The molecule has 0 radical (unpaired) electrons. The highest BCUT2D eigenvalue weighted by Gasteiger charge is 2.26. The molecule has 2 aromatic rings. The summed E-state index contributed by atoms with van der Waals surface area (Å²) < 4.78 is 18.6. The molecule has 0 spiro atoms. The second-order valence-corrected chi connectivity index (χ2v) is 6.06. The van der Waals surface area contributed by atoms with Crippen LogP contribution in [-0.2, 0) is 22.6 Å². The summed E-state index contributed by atoms with van der Waals surface area (Å²) in [5, 5.41) is 5.58. The monoisotopic (exact) mass is 342 g/mol. The van der Waals surface area contributed by atoms with E-state index in [0.29, 0.717) is 25.3 Å². The average Bonchev–Trinajstić information content (AvgIpc) is 2.60. The quantitative estimate of drug-likeness (QED) is 0.898. The van der Waals surface area contributed by atoms with Crippen molar-refractivity contribution in [1.29, 1.82) is 0 Å². The predicted molar refractivity (Wildman–Crippen MR) is 91.7 cm³/mol. The number of benzene rings is 2. The molecule has 0 saturated carbocycles. The molecule has 0 fully saturated rings. The van der Waals surface area contributed by atoms with Crippen molar-refractivity contribution in [2.45, 2.75) is 19.9 Å². The second-order valence-electron chi connectivity index (χ2n) is 6.06. The molecular weight excluding hydrogens is 323 g/mol. The first-order valence-electron chi connectivity index (χ1n) is 8.07. The molecule has 6 heteroatoms. The molecule has 130 valence electrons. The Bertz CT molecular complexity index is 790. The number of fused-ring (bicyclic) bond motifs is 1. The molecule has 0 saturated heterocycles. The van der Waals surface area contributed by atoms with E-state index < -0.39 is 0 Å². The van der Waals surface area contributed by atoms with Crippen LogP contribution in [0.3, 0.4) is 0 Å². The van der Waals surface area contributed by atoms with Crippen molar-refractivity contribution in [3.8, 4) is 5.75 Å². The molecule has 2 aromatic carbocycles. The number of anilines is 1. The van der Waals surface area contributed by atoms with Crippen LogP contribution in [-0.4, -0.2) is 18.4 Å². The van der Waals surface area contributed by atoms with E-state index >= 15 is 0 Å². The average molecular weight is 342 g/mol. The van der Waals surface area contributed by atoms with Crippen LogP contribution < -0.4 is 15.4 Å². The Hall–Kier alpha value is -2.89. The van der Waals surface area contributed by atoms with Crippen molar-refractivity contribution in [3.05, 3.63) is 59.4 Å². The number of nitrogens with one attached hydrogen (secondary N) is 2. The Kier molecular flexibility index (Phi) is 4.97. The van der Waals surface area contributed by atoms with Crippen molar-refractivity contribution in [2.75, 3.05) is 11.9 Å². The molecule has 2 amide bonds. The van der Waals surface area contributed by atoms with E-state index in [1.54, 1.807) is 24.3 Å². The largest absolute Gasteiger partial charge is 0.492 e. The number of amides is 2. The van der Waals surface area contributed by atoms with Crippen LogP contribution in [0.2, 0.25) is 0 Å². The molecule has 1 aliphatic rings. The first kappa shape index (κ1) is 17.0. The maximum absolute atomic E-state index is 12.9. The zero-order valence-corrected chi connectivity index (χ0v) is 13.8. The molecule has 0 aliphatic carbocycles. The minimum Gasteiger partial charge on any atom is -0.492 e. The Morgan fingerprint density at radius 1 is 1.20 bits per heavy atom. The van der Waals surface area contributed by atoms with E-state index in [0.717, 1.165) is 16.9 Å². The first-order valence-corrected chi connectivity index (χ1v) is 8.07. The van der Waals surface area contributed by atoms with Crippen molar-refractivity contribution in [3.63, 3.8) is 0 Å². The summed E-state index contributed by atoms with van der Waals surface area (Å²) >= 11 is 0. The van der Waals surface area contributed by atoms with Crippen LogP contribution in [0.15, 0.2) is 42.5 Å². The normalized spacial score (nSPS) is 15.7. The highest BCUT2D eigenvalue weighted by Crippen LogP contribution is 2.30. The summed E-state index contributed by atoms with van der Waals surface area (Å²) in [5.41, 5.74) is 2.40. The van der Waals surface area contributed by atoms with E-state index in [1.807, 2.05) is 6.07 Å². The highest BCUT2D eigenvalue weighted by molar-refractivity contribution is 5.89. The van der Waals surface area contributed by atoms with Crippen molar-refractivity contribution >= 4 is 17.5 Å². The number of halogens is 1. The molecule has 5 nitrogen and oxygen atoms in total. The molecule has 1 atom stereocenters. The van der Waals surface area contributed by atoms with Gasteiger partial charge in [-0.1, -0.05) is 12.1 Å². The smallest absolute Gasteiger partial charge is 0.227 e. The zero-order chi connectivity index (χ0) is 17.8. The van der Waals surface area contributed by atoms with E-state index in [2.05, 4.69) is 10.6 Å². The van der Waals surface area contributed by atoms with Crippen molar-refractivity contribution in [1.82, 2.24) is 5.32 Å². The summed E-state index contributed by atoms with van der Waals surface area (Å²) in [7, 11) is 0. The molecule has 2 N–H and O–H groups in total. The Morgan fingerprint density at radius 2 is 1.96 bits per heavy atom. The molecule has 0 aromatic heterocycles. The molecule has 1 unspecified atom stereocenters. The number of carbonyl (C=O) groups is 2. The number of ether oxygens (including phenoxy) is 1. The Morgan fingerprint density at radius 3 is 2.68 bits per heavy atom. The lowest BCUT2D eigenvalue weighted by Gasteiger charge is -2.25. The molecule has 3 rings (SSSR count). The maximum Gasteiger partial charge on any atom is 0.227 e. The van der Waals surface area contributed by atoms with Gasteiger partial charge in [0.1, 0.15) is 18.2 Å². The number of carbonyl (C=O) groups excluding carboxylic acids is 2. The van der Waals surface area contributed by atoms with Gasteiger partial charge in [-0.2, -0.15) is 0 Å². The summed E-state index contributed by atoms with van der Waals surface area (Å²) in [6, 6.07) is 11.4. The summed E-state index contributed by atoms with van der Waals surface area (Å²) in [6.45, 7) is 2.10. The minimum atomic E-state index is -0.305. The number of hydrogen-bond acceptors (Lipinski definition) is 3. The standard InChI is InChI=1S/C19H19FN2O3/c1-12(23)22-17-6-7-18-14(9-17)8-15(11-25-18)19(24)21-10-13-2-4-16(20)5-3-13/h2-7,9,15H,8,10-11H2,1H3,(H,21,24)(H,22,23). The lowest BCUT2D eigenvalue weighted by molar-refractivity contribution is -0.126. The van der Waals surface area contributed by atoms with E-state index in [4.69, 9.17) is 4.74 Å². The van der Waals surface area contributed by atoms with E-state index in [1.165, 1.54) is 19.1 Å². The molecule has 1 heterocycles. The van der Waals surface area contributed by atoms with Crippen LogP contribution >= 0.6 is 0 Å². The van der Waals surface area contributed by atoms with Gasteiger partial charge in [0.15, 0.2) is 0 Å². The van der Waals surface area contributed by atoms with Gasteiger partial charge in [-0.05, 0) is 47.9 Å². The van der Waals surface area contributed by atoms with Gasteiger partial charge < -0.3 is 15.4 Å². The maximum atomic E-state index is 12.9. The predicted octanol–water partition coefficient (Wildman–Crippen LogP) is 2.65. The SMILES string of the molecule is CC(=O)Nc1ccc2c(c1)CC(C(=O)NCc1ccc(F)cc1)CO2. The third kappa shape index (κ3) is 4.35. The Labute approximate surface area is 145 Å². The van der Waals surface area contributed by atoms with Crippen molar-refractivity contribution < 1.29 is 18.7 Å². The number of rotatable bonds is 4. The van der Waals surface area contributed by atoms with Gasteiger partial charge in [-0.15, -0.1) is 0 Å². The summed E-state index contributed by atoms with van der Waals surface area (Å²) in [5.74, 6) is -0.135. The van der Waals surface area contributed by atoms with Crippen molar-refractivity contribution in [2.24, 2.45) is 5.92 Å². The van der Waals surface area contributed by atoms with E-state index in [9.17, 15) is 14.0 Å². The van der Waals surface area contributed by atoms with Gasteiger partial charge in [0, 0.05) is 19.2 Å². The highest BCUT2D eigenvalue weighted by atomic mass is 19.1. The van der Waals surface area contributed by atoms with Crippen LogP contribution in [0, 0.1) is 11.7 Å². The number of hydrogen-bond donors (Lipinski definition) is 2. The van der Waals surface area contributed by atoms with Gasteiger partial charge in [-0.25, -0.2) is 4.39 Å².